The van der Waals surface area contributed by atoms with Crippen molar-refractivity contribution >= 4 is 0 Å². The van der Waals surface area contributed by atoms with E-state index in [9.17, 15) is 0 Å². The first-order chi connectivity index (χ1) is 10.8. The molecule has 0 aliphatic rings. The lowest BCUT2D eigenvalue weighted by Crippen LogP contribution is -1.93. The van der Waals surface area contributed by atoms with Crippen molar-refractivity contribution in [3.05, 3.63) is 72.9 Å². The number of hydrogen-bond acceptors (Lipinski definition) is 0. The van der Waals surface area contributed by atoms with E-state index in [1.165, 1.54) is 0 Å². The number of hydrogen-bond donors (Lipinski definition) is 0. The van der Waals surface area contributed by atoms with Crippen LogP contribution < -0.4 is 0 Å². The summed E-state index contributed by atoms with van der Waals surface area (Å²) in [5.41, 5.74) is 3.28. The zero-order chi connectivity index (χ0) is 19.8. The summed E-state index contributed by atoms with van der Waals surface area (Å²) in [6.45, 7) is 28.9. The maximum Gasteiger partial charge on any atom is -0.0188 e. The van der Waals surface area contributed by atoms with Gasteiger partial charge in [-0.2, -0.15) is 0 Å². The van der Waals surface area contributed by atoms with Crippen LogP contribution in [0.2, 0.25) is 0 Å². The molecule has 0 N–H and O–H groups in total. The van der Waals surface area contributed by atoms with Gasteiger partial charge in [0.15, 0.2) is 0 Å². The first kappa shape index (κ1) is 27.3. The molecule has 0 aromatic rings. The van der Waals surface area contributed by atoms with Crippen LogP contribution in [0.25, 0.3) is 0 Å². The molecular weight excluding hydrogens is 288 g/mol. The van der Waals surface area contributed by atoms with Gasteiger partial charge in [0.25, 0.3) is 0 Å². The molecule has 0 saturated heterocycles. The largest absolute Gasteiger partial charge is 0.0990 e. The first-order valence-electron chi connectivity index (χ1n) is 8.71. The van der Waals surface area contributed by atoms with Crippen LogP contribution in [-0.4, -0.2) is 0 Å². The van der Waals surface area contributed by atoms with Crippen LogP contribution in [0.5, 0.6) is 0 Å². The molecule has 0 heteroatoms. The van der Waals surface area contributed by atoms with Crippen LogP contribution >= 0.6 is 0 Å². The van der Waals surface area contributed by atoms with Crippen molar-refractivity contribution < 1.29 is 0 Å². The van der Waals surface area contributed by atoms with Gasteiger partial charge in [0, 0.05) is 0 Å². The summed E-state index contributed by atoms with van der Waals surface area (Å²) in [5.74, 6) is 0. The monoisotopic (exact) mass is 330 g/mol. The Morgan fingerprint density at radius 1 is 0.583 bits per heavy atom. The first-order valence-corrected chi connectivity index (χ1v) is 8.71. The molecule has 0 aliphatic heterocycles. The third-order valence-corrected chi connectivity index (χ3v) is 1.62. The van der Waals surface area contributed by atoms with Gasteiger partial charge in [-0.25, -0.2) is 0 Å². The van der Waals surface area contributed by atoms with Crippen molar-refractivity contribution in [3.63, 3.8) is 0 Å². The highest BCUT2D eigenvalue weighted by Gasteiger charge is 1.96. The van der Waals surface area contributed by atoms with Crippen LogP contribution in [0, 0.1) is 10.8 Å². The van der Waals surface area contributed by atoms with Crippen LogP contribution in [0.1, 0.15) is 69.2 Å². The topological polar surface area (TPSA) is 0 Å². The molecule has 0 saturated carbocycles. The zero-order valence-electron chi connectivity index (χ0n) is 18.0. The highest BCUT2D eigenvalue weighted by molar-refractivity contribution is 5.48. The summed E-state index contributed by atoms with van der Waals surface area (Å²) in [5, 5.41) is 0. The number of allylic oxidation sites excluding steroid dienone is 10. The summed E-state index contributed by atoms with van der Waals surface area (Å²) in [6, 6.07) is 0. The van der Waals surface area contributed by atoms with Gasteiger partial charge in [-0.15, -0.1) is 0 Å². The second-order valence-electron chi connectivity index (χ2n) is 8.72. The summed E-state index contributed by atoms with van der Waals surface area (Å²) in [7, 11) is 0. The maximum absolute atomic E-state index is 3.70. The van der Waals surface area contributed by atoms with Gasteiger partial charge in [-0.1, -0.05) is 117 Å². The van der Waals surface area contributed by atoms with Gasteiger partial charge >= 0.3 is 0 Å². The van der Waals surface area contributed by atoms with Crippen LogP contribution in [0.15, 0.2) is 72.9 Å². The Balaban J connectivity index is -0.000000361. The SMILES string of the molecule is C=C/C=C(\C=C/C)C(/C=C\C)=C/C=C.CC(C)(C)C.CC(C)(C)C. The Bertz CT molecular complexity index is 381. The van der Waals surface area contributed by atoms with E-state index in [1.54, 1.807) is 12.2 Å². The number of rotatable bonds is 5. The summed E-state index contributed by atoms with van der Waals surface area (Å²) < 4.78 is 0. The zero-order valence-corrected chi connectivity index (χ0v) is 18.0. The Morgan fingerprint density at radius 3 is 0.917 bits per heavy atom. The average Bonchev–Trinajstić information content (AvgIpc) is 2.34. The molecule has 0 spiro atoms. The molecule has 0 bridgehead atoms. The van der Waals surface area contributed by atoms with E-state index in [-0.39, 0.29) is 0 Å². The average molecular weight is 331 g/mol. The standard InChI is InChI=1S/C14H18.2C5H12/c1-5-9-13(10-6-2)14(11-7-3)12-8-4;2*1-5(2,3)4/h5-12H,1,3H2,2,4H3;2*1-4H3/b10-6-,12-8-,13-9+,14-11+;;. The summed E-state index contributed by atoms with van der Waals surface area (Å²) in [4.78, 5) is 0. The van der Waals surface area contributed by atoms with Crippen molar-refractivity contribution in [1.29, 1.82) is 0 Å². The van der Waals surface area contributed by atoms with Crippen molar-refractivity contribution in [2.24, 2.45) is 10.8 Å². The molecule has 24 heavy (non-hydrogen) atoms. The van der Waals surface area contributed by atoms with E-state index in [4.69, 9.17) is 0 Å². The second-order valence-corrected chi connectivity index (χ2v) is 8.72. The minimum atomic E-state index is 0.500. The lowest BCUT2D eigenvalue weighted by Gasteiger charge is -2.05. The molecule has 0 aromatic heterocycles. The molecule has 0 atom stereocenters. The van der Waals surface area contributed by atoms with Crippen molar-refractivity contribution in [2.45, 2.75) is 69.2 Å². The Morgan fingerprint density at radius 2 is 0.792 bits per heavy atom. The molecule has 0 unspecified atom stereocenters. The van der Waals surface area contributed by atoms with E-state index in [0.29, 0.717) is 10.8 Å². The Hall–Kier alpha value is -1.56. The van der Waals surface area contributed by atoms with Crippen LogP contribution in [0.3, 0.4) is 0 Å². The molecule has 0 fully saturated rings. The normalized spacial score (nSPS) is 13.1. The molecule has 0 rings (SSSR count). The highest BCUT2D eigenvalue weighted by atomic mass is 14.0. The molecule has 0 radical (unpaired) electrons. The van der Waals surface area contributed by atoms with Crippen molar-refractivity contribution in [2.75, 3.05) is 0 Å². The molecular formula is C24H42. The molecule has 138 valence electrons. The Labute approximate surface area is 153 Å². The predicted octanol–water partition coefficient (Wildman–Crippen LogP) is 8.47. The Kier molecular flexibility index (Phi) is 17.1. The van der Waals surface area contributed by atoms with Gasteiger partial charge in [0.1, 0.15) is 0 Å². The molecule has 0 heterocycles. The fraction of sp³-hybridized carbons (Fsp3) is 0.500. The van der Waals surface area contributed by atoms with Gasteiger partial charge in [0.05, 0.1) is 0 Å². The lowest BCUT2D eigenvalue weighted by atomic mass is 10.0. The fourth-order valence-corrected chi connectivity index (χ4v) is 1.11. The fourth-order valence-electron chi connectivity index (χ4n) is 1.11. The van der Waals surface area contributed by atoms with E-state index in [1.807, 2.05) is 38.2 Å². The van der Waals surface area contributed by atoms with E-state index >= 15 is 0 Å². The van der Waals surface area contributed by atoms with E-state index in [0.717, 1.165) is 11.1 Å². The quantitative estimate of drug-likeness (QED) is 0.443. The minimum Gasteiger partial charge on any atom is -0.0990 e. The maximum atomic E-state index is 3.70. The third-order valence-electron chi connectivity index (χ3n) is 1.62. The van der Waals surface area contributed by atoms with Crippen LogP contribution in [0.4, 0.5) is 0 Å². The van der Waals surface area contributed by atoms with E-state index < -0.39 is 0 Å². The lowest BCUT2D eigenvalue weighted by molar-refractivity contribution is 0.469. The smallest absolute Gasteiger partial charge is 0.0188 e. The molecule has 0 nitrogen and oxygen atoms in total. The minimum absolute atomic E-state index is 0.500. The van der Waals surface area contributed by atoms with Gasteiger partial charge < -0.3 is 0 Å². The highest BCUT2D eigenvalue weighted by Crippen LogP contribution is 2.14. The summed E-state index contributed by atoms with van der Waals surface area (Å²) >= 11 is 0. The van der Waals surface area contributed by atoms with Crippen molar-refractivity contribution in [3.8, 4) is 0 Å². The van der Waals surface area contributed by atoms with E-state index in [2.05, 4.69) is 80.7 Å². The van der Waals surface area contributed by atoms with Crippen LogP contribution in [-0.2, 0) is 0 Å². The van der Waals surface area contributed by atoms with Crippen molar-refractivity contribution in [1.82, 2.24) is 0 Å². The molecule has 0 amide bonds. The third kappa shape index (κ3) is 37.0. The summed E-state index contributed by atoms with van der Waals surface area (Å²) in [6.07, 6.45) is 15.7. The molecule has 0 aromatic carbocycles. The predicted molar refractivity (Wildman–Crippen MR) is 116 cm³/mol. The van der Waals surface area contributed by atoms with Gasteiger partial charge in [0.2, 0.25) is 0 Å². The molecule has 0 aliphatic carbocycles. The van der Waals surface area contributed by atoms with Gasteiger partial charge in [-0.05, 0) is 35.8 Å². The van der Waals surface area contributed by atoms with Gasteiger partial charge in [-0.3, -0.25) is 0 Å². The second kappa shape index (κ2) is 15.0.